The van der Waals surface area contributed by atoms with E-state index in [0.717, 1.165) is 20.1 Å². The van der Waals surface area contributed by atoms with Crippen molar-refractivity contribution < 1.29 is 5.21 Å². The Kier molecular flexibility index (Phi) is 4.16. The standard InChI is InChI=1S/C12H13BrN4OS/c1-7-5-11(17(2)15-7)19-10-4-3-8(6-9(10)13)12(14)16-18/h3-6,18H,1-2H3,(H2,14,16). The number of aromatic nitrogens is 2. The van der Waals surface area contributed by atoms with Crippen molar-refractivity contribution in [3.8, 4) is 0 Å². The highest BCUT2D eigenvalue weighted by atomic mass is 79.9. The molecule has 0 amide bonds. The number of rotatable bonds is 3. The lowest BCUT2D eigenvalue weighted by Gasteiger charge is -2.06. The SMILES string of the molecule is Cc1cc(Sc2ccc(/C(N)=N/O)cc2Br)n(C)n1. The van der Waals surface area contributed by atoms with Crippen LogP contribution in [-0.2, 0) is 7.05 Å². The van der Waals surface area contributed by atoms with E-state index in [-0.39, 0.29) is 5.84 Å². The van der Waals surface area contributed by atoms with E-state index >= 15 is 0 Å². The van der Waals surface area contributed by atoms with E-state index in [1.54, 1.807) is 11.8 Å². The molecule has 1 heterocycles. The van der Waals surface area contributed by atoms with Gasteiger partial charge in [-0.2, -0.15) is 5.10 Å². The molecule has 7 heteroatoms. The quantitative estimate of drug-likeness (QED) is 0.390. The molecule has 2 rings (SSSR count). The molecule has 0 aliphatic rings. The zero-order valence-electron chi connectivity index (χ0n) is 10.5. The molecule has 0 bridgehead atoms. The van der Waals surface area contributed by atoms with Crippen LogP contribution in [0.25, 0.3) is 0 Å². The third kappa shape index (κ3) is 3.10. The summed E-state index contributed by atoms with van der Waals surface area (Å²) < 4.78 is 2.73. The van der Waals surface area contributed by atoms with Crippen molar-refractivity contribution in [2.24, 2.45) is 17.9 Å². The number of halogens is 1. The second-order valence-corrected chi connectivity index (χ2v) is 5.90. The number of nitrogens with zero attached hydrogens (tertiary/aromatic N) is 3. The van der Waals surface area contributed by atoms with Crippen LogP contribution < -0.4 is 5.73 Å². The normalized spacial score (nSPS) is 11.8. The second kappa shape index (κ2) is 5.66. The minimum absolute atomic E-state index is 0.0913. The molecule has 0 fully saturated rings. The fraction of sp³-hybridized carbons (Fsp3) is 0.167. The van der Waals surface area contributed by atoms with Crippen LogP contribution >= 0.6 is 27.7 Å². The zero-order chi connectivity index (χ0) is 14.0. The van der Waals surface area contributed by atoms with Crippen LogP contribution in [0.5, 0.6) is 0 Å². The first-order chi connectivity index (χ1) is 9.01. The first-order valence-corrected chi connectivity index (χ1v) is 7.08. The molecule has 1 aromatic carbocycles. The Hall–Kier alpha value is -1.47. The highest BCUT2D eigenvalue weighted by Crippen LogP contribution is 2.34. The van der Waals surface area contributed by atoms with E-state index in [1.807, 2.05) is 42.9 Å². The average Bonchev–Trinajstić information content (AvgIpc) is 2.69. The van der Waals surface area contributed by atoms with Gasteiger partial charge in [-0.25, -0.2) is 0 Å². The van der Waals surface area contributed by atoms with Gasteiger partial charge in [0, 0.05) is 22.0 Å². The van der Waals surface area contributed by atoms with Gasteiger partial charge in [0.15, 0.2) is 5.84 Å². The second-order valence-electron chi connectivity index (χ2n) is 3.98. The molecule has 0 saturated carbocycles. The molecule has 5 nitrogen and oxygen atoms in total. The maximum Gasteiger partial charge on any atom is 0.170 e. The lowest BCUT2D eigenvalue weighted by Crippen LogP contribution is -2.12. The molecule has 0 radical (unpaired) electrons. The van der Waals surface area contributed by atoms with Crippen LogP contribution in [0.3, 0.4) is 0 Å². The Bertz CT molecular complexity index is 639. The van der Waals surface area contributed by atoms with Crippen molar-refractivity contribution >= 4 is 33.5 Å². The van der Waals surface area contributed by atoms with E-state index in [2.05, 4.69) is 26.2 Å². The third-order valence-electron chi connectivity index (χ3n) is 2.51. The molecule has 0 aliphatic heterocycles. The molecule has 100 valence electrons. The summed E-state index contributed by atoms with van der Waals surface area (Å²) in [7, 11) is 1.91. The number of amidine groups is 1. The molecule has 1 aromatic heterocycles. The summed E-state index contributed by atoms with van der Waals surface area (Å²) in [4.78, 5) is 1.04. The van der Waals surface area contributed by atoms with Gasteiger partial charge in [-0.3, -0.25) is 4.68 Å². The van der Waals surface area contributed by atoms with Crippen LogP contribution in [0.4, 0.5) is 0 Å². The summed E-state index contributed by atoms with van der Waals surface area (Å²) in [6.07, 6.45) is 0. The largest absolute Gasteiger partial charge is 0.409 e. The summed E-state index contributed by atoms with van der Waals surface area (Å²) in [6, 6.07) is 7.57. The Balaban J connectivity index is 2.29. The minimum atomic E-state index is 0.0913. The molecule has 19 heavy (non-hydrogen) atoms. The van der Waals surface area contributed by atoms with E-state index in [0.29, 0.717) is 5.56 Å². The van der Waals surface area contributed by atoms with Crippen LogP contribution in [-0.4, -0.2) is 20.8 Å². The minimum Gasteiger partial charge on any atom is -0.409 e. The zero-order valence-corrected chi connectivity index (χ0v) is 12.9. The van der Waals surface area contributed by atoms with Crippen molar-refractivity contribution in [1.29, 1.82) is 0 Å². The van der Waals surface area contributed by atoms with E-state index in [9.17, 15) is 0 Å². The first kappa shape index (κ1) is 14.0. The van der Waals surface area contributed by atoms with Crippen LogP contribution in [0.1, 0.15) is 11.3 Å². The molecule has 0 unspecified atom stereocenters. The number of aryl methyl sites for hydroxylation is 2. The molecular formula is C12H13BrN4OS. The maximum absolute atomic E-state index is 8.65. The van der Waals surface area contributed by atoms with Crippen LogP contribution in [0, 0.1) is 6.92 Å². The average molecular weight is 341 g/mol. The van der Waals surface area contributed by atoms with Crippen LogP contribution in [0.15, 0.2) is 43.8 Å². The summed E-state index contributed by atoms with van der Waals surface area (Å²) in [5.41, 5.74) is 7.20. The number of oxime groups is 1. The Morgan fingerprint density at radius 2 is 2.21 bits per heavy atom. The van der Waals surface area contributed by atoms with Crippen molar-refractivity contribution in [3.63, 3.8) is 0 Å². The Labute approximate surface area is 123 Å². The summed E-state index contributed by atoms with van der Waals surface area (Å²) in [5.74, 6) is 0.0913. The lowest BCUT2D eigenvalue weighted by atomic mass is 10.2. The van der Waals surface area contributed by atoms with Gasteiger partial charge in [0.1, 0.15) is 0 Å². The van der Waals surface area contributed by atoms with Crippen molar-refractivity contribution in [2.75, 3.05) is 0 Å². The Morgan fingerprint density at radius 1 is 1.47 bits per heavy atom. The van der Waals surface area contributed by atoms with E-state index in [4.69, 9.17) is 10.9 Å². The number of hydrogen-bond acceptors (Lipinski definition) is 4. The van der Waals surface area contributed by atoms with Gasteiger partial charge < -0.3 is 10.9 Å². The fourth-order valence-electron chi connectivity index (χ4n) is 1.60. The monoisotopic (exact) mass is 340 g/mol. The first-order valence-electron chi connectivity index (χ1n) is 5.47. The molecule has 0 spiro atoms. The maximum atomic E-state index is 8.65. The lowest BCUT2D eigenvalue weighted by molar-refractivity contribution is 0.318. The van der Waals surface area contributed by atoms with E-state index in [1.165, 1.54) is 0 Å². The Morgan fingerprint density at radius 3 is 2.74 bits per heavy atom. The van der Waals surface area contributed by atoms with Crippen molar-refractivity contribution in [2.45, 2.75) is 16.8 Å². The van der Waals surface area contributed by atoms with Gasteiger partial charge in [0.05, 0.1) is 10.7 Å². The molecule has 0 saturated heterocycles. The van der Waals surface area contributed by atoms with Gasteiger partial charge in [0.25, 0.3) is 0 Å². The fourth-order valence-corrected chi connectivity index (χ4v) is 3.14. The highest BCUT2D eigenvalue weighted by Gasteiger charge is 2.09. The molecule has 2 aromatic rings. The summed E-state index contributed by atoms with van der Waals surface area (Å²) in [5, 5.41) is 17.0. The smallest absolute Gasteiger partial charge is 0.170 e. The third-order valence-corrected chi connectivity index (χ3v) is 4.59. The molecule has 0 aliphatic carbocycles. The van der Waals surface area contributed by atoms with Crippen LogP contribution in [0.2, 0.25) is 0 Å². The highest BCUT2D eigenvalue weighted by molar-refractivity contribution is 9.10. The number of nitrogens with two attached hydrogens (primary N) is 1. The molecule has 3 N–H and O–H groups in total. The van der Waals surface area contributed by atoms with E-state index < -0.39 is 0 Å². The predicted molar refractivity (Wildman–Crippen MR) is 78.7 cm³/mol. The number of hydrogen-bond donors (Lipinski definition) is 2. The summed E-state index contributed by atoms with van der Waals surface area (Å²) >= 11 is 5.09. The predicted octanol–water partition coefficient (Wildman–Crippen LogP) is 2.74. The van der Waals surface area contributed by atoms with Gasteiger partial charge in [0.2, 0.25) is 0 Å². The number of benzene rings is 1. The summed E-state index contributed by atoms with van der Waals surface area (Å²) in [6.45, 7) is 1.96. The molecular weight excluding hydrogens is 328 g/mol. The van der Waals surface area contributed by atoms with Gasteiger partial charge in [-0.15, -0.1) is 0 Å². The molecule has 0 atom stereocenters. The van der Waals surface area contributed by atoms with Gasteiger partial charge in [-0.05, 0) is 47.1 Å². The topological polar surface area (TPSA) is 76.4 Å². The van der Waals surface area contributed by atoms with Crippen molar-refractivity contribution in [1.82, 2.24) is 9.78 Å². The van der Waals surface area contributed by atoms with Gasteiger partial charge in [-0.1, -0.05) is 16.9 Å². The van der Waals surface area contributed by atoms with Gasteiger partial charge >= 0.3 is 0 Å². The van der Waals surface area contributed by atoms with Crippen molar-refractivity contribution in [3.05, 3.63) is 40.0 Å².